The van der Waals surface area contributed by atoms with E-state index in [1.807, 2.05) is 43.3 Å². The van der Waals surface area contributed by atoms with Crippen molar-refractivity contribution in [2.24, 2.45) is 0 Å². The summed E-state index contributed by atoms with van der Waals surface area (Å²) in [6.07, 6.45) is 1.60. The van der Waals surface area contributed by atoms with Crippen molar-refractivity contribution < 1.29 is 4.79 Å². The molecular formula is C18H17N3O2. The lowest BCUT2D eigenvalue weighted by Crippen LogP contribution is -2.33. The van der Waals surface area contributed by atoms with Crippen molar-refractivity contribution in [3.8, 4) is 0 Å². The molecule has 23 heavy (non-hydrogen) atoms. The van der Waals surface area contributed by atoms with Crippen molar-refractivity contribution in [3.63, 3.8) is 0 Å². The van der Waals surface area contributed by atoms with Gasteiger partial charge >= 0.3 is 0 Å². The maximum Gasteiger partial charge on any atom is 0.275 e. The van der Waals surface area contributed by atoms with E-state index in [1.165, 1.54) is 4.68 Å². The number of nitrogens with one attached hydrogen (secondary N) is 1. The summed E-state index contributed by atoms with van der Waals surface area (Å²) in [5, 5.41) is 8.21. The van der Waals surface area contributed by atoms with E-state index in [1.54, 1.807) is 18.3 Å². The van der Waals surface area contributed by atoms with Crippen molar-refractivity contribution in [2.45, 2.75) is 20.0 Å². The minimum absolute atomic E-state index is 0.0878. The number of rotatable bonds is 4. The largest absolute Gasteiger partial charge is 0.350 e. The first-order chi connectivity index (χ1) is 11.1. The van der Waals surface area contributed by atoms with Gasteiger partial charge in [0.2, 0.25) is 5.91 Å². The average molecular weight is 307 g/mol. The summed E-state index contributed by atoms with van der Waals surface area (Å²) in [6.45, 7) is 2.35. The Balaban J connectivity index is 1.71. The van der Waals surface area contributed by atoms with Crippen LogP contribution in [0.4, 0.5) is 0 Å². The van der Waals surface area contributed by atoms with Crippen LogP contribution < -0.4 is 10.9 Å². The van der Waals surface area contributed by atoms with Gasteiger partial charge < -0.3 is 5.32 Å². The van der Waals surface area contributed by atoms with Gasteiger partial charge in [-0.25, -0.2) is 4.68 Å². The Morgan fingerprint density at radius 3 is 2.83 bits per heavy atom. The molecule has 3 aromatic rings. The molecule has 0 aliphatic rings. The highest BCUT2D eigenvalue weighted by atomic mass is 16.2. The Morgan fingerprint density at radius 1 is 1.17 bits per heavy atom. The molecule has 0 fully saturated rings. The zero-order valence-corrected chi connectivity index (χ0v) is 12.8. The Kier molecular flexibility index (Phi) is 4.19. The Labute approximate surface area is 133 Å². The SMILES string of the molecule is Cc1cccc(CNC(=O)Cn2ncc3ccccc3c2=O)c1. The number of amides is 1. The first-order valence-electron chi connectivity index (χ1n) is 7.40. The molecule has 0 saturated heterocycles. The lowest BCUT2D eigenvalue weighted by atomic mass is 10.1. The first-order valence-corrected chi connectivity index (χ1v) is 7.40. The molecule has 0 aliphatic carbocycles. The highest BCUT2D eigenvalue weighted by molar-refractivity contribution is 5.81. The number of nitrogens with zero attached hydrogens (tertiary/aromatic N) is 2. The van der Waals surface area contributed by atoms with Crippen molar-refractivity contribution in [2.75, 3.05) is 0 Å². The molecular weight excluding hydrogens is 290 g/mol. The second kappa shape index (κ2) is 6.44. The molecule has 5 heteroatoms. The third kappa shape index (κ3) is 3.45. The van der Waals surface area contributed by atoms with E-state index in [9.17, 15) is 9.59 Å². The minimum atomic E-state index is -0.256. The van der Waals surface area contributed by atoms with Gasteiger partial charge in [0.15, 0.2) is 0 Å². The van der Waals surface area contributed by atoms with E-state index < -0.39 is 0 Å². The van der Waals surface area contributed by atoms with E-state index in [2.05, 4.69) is 10.4 Å². The first kappa shape index (κ1) is 15.0. The van der Waals surface area contributed by atoms with Crippen molar-refractivity contribution in [1.29, 1.82) is 0 Å². The quantitative estimate of drug-likeness (QED) is 0.802. The number of hydrogen-bond acceptors (Lipinski definition) is 3. The summed E-state index contributed by atoms with van der Waals surface area (Å²) in [4.78, 5) is 24.4. The Hall–Kier alpha value is -2.95. The van der Waals surface area contributed by atoms with Crippen molar-refractivity contribution >= 4 is 16.7 Å². The molecule has 1 aromatic heterocycles. The lowest BCUT2D eigenvalue weighted by molar-refractivity contribution is -0.122. The van der Waals surface area contributed by atoms with Gasteiger partial charge in [-0.2, -0.15) is 5.10 Å². The molecule has 0 aliphatic heterocycles. The molecule has 0 radical (unpaired) electrons. The fraction of sp³-hybridized carbons (Fsp3) is 0.167. The van der Waals surface area contributed by atoms with E-state index in [0.717, 1.165) is 16.5 Å². The number of aromatic nitrogens is 2. The van der Waals surface area contributed by atoms with Crippen LogP contribution in [0.25, 0.3) is 10.8 Å². The molecule has 1 amide bonds. The summed E-state index contributed by atoms with van der Waals surface area (Å²) >= 11 is 0. The van der Waals surface area contributed by atoms with Crippen LogP contribution in [0.3, 0.4) is 0 Å². The number of carbonyl (C=O) groups is 1. The van der Waals surface area contributed by atoms with Crippen LogP contribution in [0.1, 0.15) is 11.1 Å². The molecule has 0 unspecified atom stereocenters. The maximum absolute atomic E-state index is 12.3. The third-order valence-corrected chi connectivity index (χ3v) is 3.63. The van der Waals surface area contributed by atoms with Crippen LogP contribution in [0.5, 0.6) is 0 Å². The third-order valence-electron chi connectivity index (χ3n) is 3.63. The fourth-order valence-electron chi connectivity index (χ4n) is 2.46. The van der Waals surface area contributed by atoms with E-state index in [4.69, 9.17) is 0 Å². The summed E-state index contributed by atoms with van der Waals surface area (Å²) < 4.78 is 1.19. The highest BCUT2D eigenvalue weighted by Crippen LogP contribution is 2.06. The molecule has 116 valence electrons. The van der Waals surface area contributed by atoms with Crippen molar-refractivity contribution in [1.82, 2.24) is 15.1 Å². The fourth-order valence-corrected chi connectivity index (χ4v) is 2.46. The standard InChI is InChI=1S/C18H17N3O2/c1-13-5-4-6-14(9-13)10-19-17(22)12-21-18(23)16-8-3-2-7-15(16)11-20-21/h2-9,11H,10,12H2,1H3,(H,19,22). The van der Waals surface area contributed by atoms with Crippen LogP contribution >= 0.6 is 0 Å². The summed E-state index contributed by atoms with van der Waals surface area (Å²) in [5.74, 6) is -0.239. The number of aryl methyl sites for hydroxylation is 1. The average Bonchev–Trinajstić information content (AvgIpc) is 2.56. The molecule has 0 saturated carbocycles. The molecule has 0 atom stereocenters. The van der Waals surface area contributed by atoms with Gasteiger partial charge in [-0.05, 0) is 18.6 Å². The number of hydrogen-bond donors (Lipinski definition) is 1. The molecule has 0 spiro atoms. The summed E-state index contributed by atoms with van der Waals surface area (Å²) in [6, 6.07) is 15.1. The molecule has 3 rings (SSSR count). The number of carbonyl (C=O) groups excluding carboxylic acids is 1. The summed E-state index contributed by atoms with van der Waals surface area (Å²) in [5.41, 5.74) is 1.91. The predicted molar refractivity (Wildman–Crippen MR) is 89.0 cm³/mol. The second-order valence-corrected chi connectivity index (χ2v) is 5.46. The molecule has 1 N–H and O–H groups in total. The van der Waals surface area contributed by atoms with Gasteiger partial charge in [0.05, 0.1) is 11.6 Å². The molecule has 0 bridgehead atoms. The van der Waals surface area contributed by atoms with Crippen LogP contribution in [-0.4, -0.2) is 15.7 Å². The number of fused-ring (bicyclic) bond motifs is 1. The predicted octanol–water partition coefficient (Wildman–Crippen LogP) is 2.02. The van der Waals surface area contributed by atoms with Gasteiger partial charge in [0.1, 0.15) is 6.54 Å². The van der Waals surface area contributed by atoms with Gasteiger partial charge in [-0.15, -0.1) is 0 Å². The lowest BCUT2D eigenvalue weighted by Gasteiger charge is -2.08. The summed E-state index contributed by atoms with van der Waals surface area (Å²) in [7, 11) is 0. The van der Waals surface area contributed by atoms with E-state index in [0.29, 0.717) is 11.9 Å². The zero-order valence-electron chi connectivity index (χ0n) is 12.8. The van der Waals surface area contributed by atoms with Crippen LogP contribution in [0, 0.1) is 6.92 Å². The molecule has 1 heterocycles. The topological polar surface area (TPSA) is 64.0 Å². The maximum atomic E-state index is 12.3. The van der Waals surface area contributed by atoms with Gasteiger partial charge in [0.25, 0.3) is 5.56 Å². The Morgan fingerprint density at radius 2 is 2.00 bits per heavy atom. The van der Waals surface area contributed by atoms with E-state index in [-0.39, 0.29) is 18.0 Å². The Bertz CT molecular complexity index is 915. The molecule has 5 nitrogen and oxygen atoms in total. The normalized spacial score (nSPS) is 10.7. The van der Waals surface area contributed by atoms with Gasteiger partial charge in [0, 0.05) is 11.9 Å². The van der Waals surface area contributed by atoms with Crippen LogP contribution in [0.15, 0.2) is 59.5 Å². The van der Waals surface area contributed by atoms with E-state index >= 15 is 0 Å². The highest BCUT2D eigenvalue weighted by Gasteiger charge is 2.08. The molecule has 2 aromatic carbocycles. The smallest absolute Gasteiger partial charge is 0.275 e. The van der Waals surface area contributed by atoms with Crippen LogP contribution in [0.2, 0.25) is 0 Å². The van der Waals surface area contributed by atoms with Crippen LogP contribution in [-0.2, 0) is 17.9 Å². The van der Waals surface area contributed by atoms with Gasteiger partial charge in [-0.3, -0.25) is 9.59 Å². The second-order valence-electron chi connectivity index (χ2n) is 5.46. The zero-order chi connectivity index (χ0) is 16.2. The van der Waals surface area contributed by atoms with Crippen molar-refractivity contribution in [3.05, 3.63) is 76.2 Å². The number of benzene rings is 2. The monoisotopic (exact) mass is 307 g/mol. The van der Waals surface area contributed by atoms with Gasteiger partial charge in [-0.1, -0.05) is 48.0 Å². The minimum Gasteiger partial charge on any atom is -0.350 e.